The molecule has 566 valence electrons. The minimum Gasteiger partial charge on any atom is -0.372 e. The van der Waals surface area contributed by atoms with Gasteiger partial charge in [-0.2, -0.15) is 0 Å². The first kappa shape index (κ1) is 75.0. The number of nitrogens with zero attached hydrogens (tertiary/aromatic N) is 5. The highest BCUT2D eigenvalue weighted by molar-refractivity contribution is 9.10. The summed E-state index contributed by atoms with van der Waals surface area (Å²) in [5, 5.41) is 17.0. The van der Waals surface area contributed by atoms with Crippen molar-refractivity contribution < 1.29 is 112 Å². The van der Waals surface area contributed by atoms with Crippen LogP contribution in [0.3, 0.4) is 0 Å². The molecule has 0 radical (unpaired) electrons. The fraction of sp³-hybridized carbons (Fsp3) is 0.464. The van der Waals surface area contributed by atoms with Crippen LogP contribution in [0.25, 0.3) is 4.85 Å². The Morgan fingerprint density at radius 3 is 1.04 bits per heavy atom. The molecule has 38 heteroatoms. The molecule has 12 aliphatic heterocycles. The predicted molar refractivity (Wildman–Crippen MR) is 355 cm³/mol. The maximum absolute atomic E-state index is 14.9. The number of carbonyl (C=O) groups excluding carboxylic acids is 12. The quantitative estimate of drug-likeness (QED) is 0.0510. The number of carbonyl (C=O) groups is 12. The Morgan fingerprint density at radius 2 is 0.673 bits per heavy atom. The van der Waals surface area contributed by atoms with Gasteiger partial charge < -0.3 is 38.5 Å². The number of nitrogens with one attached hydrogen (secondary N) is 8. The highest BCUT2D eigenvalue weighted by atomic mass is 79.9. The number of barbiturate groups is 4. The second kappa shape index (κ2) is 26.9. The molecule has 8 N–H and O–H groups in total. The van der Waals surface area contributed by atoms with E-state index >= 15 is 0 Å². The number of halogens is 9. The Balaban J connectivity index is 0.000000126. The van der Waals surface area contributed by atoms with Crippen LogP contribution in [0.4, 0.5) is 82.7 Å². The van der Waals surface area contributed by atoms with Crippen molar-refractivity contribution in [1.29, 1.82) is 0 Å². The van der Waals surface area contributed by atoms with Gasteiger partial charge >= 0.3 is 24.1 Å². The summed E-state index contributed by atoms with van der Waals surface area (Å²) in [4.78, 5) is 158. The minimum atomic E-state index is -1.79. The summed E-state index contributed by atoms with van der Waals surface area (Å²) < 4.78 is 138. The smallest absolute Gasteiger partial charge is 0.328 e. The largest absolute Gasteiger partial charge is 0.372 e. The fourth-order valence-corrected chi connectivity index (χ4v) is 18.5. The standard InChI is InChI=1S/C18H16F2N4O4.C17H16BrF2N3O4.2C17H17F2N3O4/c1-7-6-24-13-9(4-10(21-3)11(19)12(13)20)5-18(14(24)8(2)28-7)15(25)22-17(27)23-16(18)26;1-6-5-23-12-8(3-9(18)10(19)11(12)20)4-17(13(23)7(2)27-6)14(24)21-16(26)22-15(17)25;1-7-6-22-12-4-11(19)10(18)3-9(12)5-17(13(22)8(2)26-7)14(23)20-16(25)21-15(17)24;1-7-6-22-12-9(3-10(18)4-11(12)19)5-17(13(22)8(2)26-7)14(23)20-16(25)21-15(17)24/h4,7-8,14H,5-6H2,1-2H3,(H2,22,23,25,26,27);3,6-7,13H,4-5H2,1-2H3,(H2,21,22,24,25,26);2*3-4,7-8,13H,5-6H2,1-2H3,(H2,20,21,23,24,25)/t7-,8+,14-;6-,7+,13-;2*7-,8+,13-/m1111/s1. The van der Waals surface area contributed by atoms with Crippen LogP contribution in [0, 0.1) is 74.8 Å². The van der Waals surface area contributed by atoms with Gasteiger partial charge in [0.05, 0.1) is 101 Å². The molecule has 8 fully saturated rings. The number of fused-ring (bicyclic) bond motifs is 16. The summed E-state index contributed by atoms with van der Waals surface area (Å²) in [6.07, 6.45) is -4.59. The van der Waals surface area contributed by atoms with Crippen molar-refractivity contribution in [2.45, 2.75) is 154 Å². The van der Waals surface area contributed by atoms with Gasteiger partial charge in [-0.15, -0.1) is 0 Å². The van der Waals surface area contributed by atoms with Gasteiger partial charge in [0.2, 0.25) is 52.9 Å². The van der Waals surface area contributed by atoms with E-state index in [0.29, 0.717) is 23.4 Å². The molecule has 16 amide bonds. The fourth-order valence-electron chi connectivity index (χ4n) is 18.0. The van der Waals surface area contributed by atoms with E-state index in [2.05, 4.69) is 63.3 Å². The van der Waals surface area contributed by atoms with Crippen LogP contribution < -0.4 is 62.1 Å². The van der Waals surface area contributed by atoms with E-state index in [0.717, 1.165) is 30.3 Å². The molecule has 4 spiro atoms. The molecule has 16 rings (SSSR count). The summed E-state index contributed by atoms with van der Waals surface area (Å²) in [5.74, 6) is -14.5. The van der Waals surface area contributed by atoms with Gasteiger partial charge in [-0.25, -0.2) is 59.1 Å². The first-order chi connectivity index (χ1) is 50.3. The van der Waals surface area contributed by atoms with Crippen molar-refractivity contribution >= 4 is 116 Å². The molecule has 0 bridgehead atoms. The Morgan fingerprint density at radius 1 is 0.374 bits per heavy atom. The molecule has 8 saturated heterocycles. The monoisotopic (exact) mass is 1560 g/mol. The molecule has 29 nitrogen and oxygen atoms in total. The van der Waals surface area contributed by atoms with Crippen LogP contribution >= 0.6 is 15.9 Å². The maximum atomic E-state index is 14.9. The first-order valence-corrected chi connectivity index (χ1v) is 34.5. The molecule has 12 aliphatic rings. The van der Waals surface area contributed by atoms with Crippen molar-refractivity contribution in [3.8, 4) is 0 Å². The average molecular weight is 1570 g/mol. The topological polar surface area (TPSA) is 355 Å². The van der Waals surface area contributed by atoms with Gasteiger partial charge in [0, 0.05) is 63.3 Å². The molecule has 0 saturated carbocycles. The lowest BCUT2D eigenvalue weighted by Crippen LogP contribution is -2.75. The number of morpholine rings is 4. The summed E-state index contributed by atoms with van der Waals surface area (Å²) in [6.45, 7) is 21.7. The Bertz CT molecular complexity index is 4620. The number of urea groups is 4. The SMILES string of the molecule is C[C@@H]1CN2c3c(F)cc(F)cc3CC3(C(=O)NC(=O)NC3=O)[C@H]2[C@H](C)O1.C[C@@H]1CN2c3c(cc(Br)c(F)c3F)CC3(C(=O)NC(=O)NC3=O)[C@H]2[C@H](C)O1.C[C@@H]1CN2c3cc(F)c(F)cc3CC3(C(=O)NC(=O)NC3=O)[C@H]2[C@H](C)O1.[C-]#[N+]c1cc2c(c(F)c1F)N1C[C@@H](C)O[C@@H](C)[C@@H]1C1(C2)C(=O)NC(=O)NC1=O. The Labute approximate surface area is 610 Å². The van der Waals surface area contributed by atoms with Crippen molar-refractivity contribution in [1.82, 2.24) is 42.5 Å². The normalized spacial score (nSPS) is 29.2. The number of benzene rings is 4. The Kier molecular flexibility index (Phi) is 18.9. The molecule has 12 heterocycles. The molecule has 4 aromatic carbocycles. The van der Waals surface area contributed by atoms with E-state index in [1.54, 1.807) is 58.3 Å². The summed E-state index contributed by atoms with van der Waals surface area (Å²) >= 11 is 2.98. The molecular formula is C69H66BrF8N13O16. The number of anilines is 4. The van der Waals surface area contributed by atoms with Crippen LogP contribution in [-0.2, 0) is 83.0 Å². The number of amides is 16. The molecule has 0 aromatic heterocycles. The maximum Gasteiger partial charge on any atom is 0.328 e. The number of hydrogen-bond acceptors (Lipinski definition) is 20. The zero-order chi connectivity index (χ0) is 77.6. The highest BCUT2D eigenvalue weighted by Crippen LogP contribution is 2.54. The molecule has 0 unspecified atom stereocenters. The third kappa shape index (κ3) is 11.7. The molecule has 0 aliphatic carbocycles. The lowest BCUT2D eigenvalue weighted by Gasteiger charge is -2.55. The second-order valence-electron chi connectivity index (χ2n) is 28.5. The zero-order valence-electron chi connectivity index (χ0n) is 57.7. The van der Waals surface area contributed by atoms with Crippen molar-refractivity contribution in [2.24, 2.45) is 21.7 Å². The van der Waals surface area contributed by atoms with Gasteiger partial charge in [-0.05, 0) is 124 Å². The second-order valence-corrected chi connectivity index (χ2v) is 29.3. The third-order valence-corrected chi connectivity index (χ3v) is 22.2. The van der Waals surface area contributed by atoms with Gasteiger partial charge in [-0.1, -0.05) is 0 Å². The third-order valence-electron chi connectivity index (χ3n) is 21.7. The predicted octanol–water partition coefficient (Wildman–Crippen LogP) is 4.74. The van der Waals surface area contributed by atoms with E-state index in [4.69, 9.17) is 25.5 Å². The lowest BCUT2D eigenvalue weighted by atomic mass is 9.66. The van der Waals surface area contributed by atoms with Crippen LogP contribution in [-0.4, -0.2) is 171 Å². The van der Waals surface area contributed by atoms with Gasteiger partial charge in [0.15, 0.2) is 56.6 Å². The highest BCUT2D eigenvalue weighted by Gasteiger charge is 2.68. The summed E-state index contributed by atoms with van der Waals surface area (Å²) in [5.41, 5.74) is -5.89. The summed E-state index contributed by atoms with van der Waals surface area (Å²) in [6, 6.07) is -0.596. The van der Waals surface area contributed by atoms with E-state index in [1.165, 1.54) is 15.9 Å². The van der Waals surface area contributed by atoms with Gasteiger partial charge in [0.1, 0.15) is 11.6 Å². The van der Waals surface area contributed by atoms with Crippen LogP contribution in [0.5, 0.6) is 0 Å². The van der Waals surface area contributed by atoms with Crippen molar-refractivity contribution in [3.63, 3.8) is 0 Å². The Hall–Kier alpha value is -10.2. The molecule has 107 heavy (non-hydrogen) atoms. The van der Waals surface area contributed by atoms with Crippen LogP contribution in [0.2, 0.25) is 0 Å². The van der Waals surface area contributed by atoms with Crippen molar-refractivity contribution in [2.75, 3.05) is 45.8 Å². The first-order valence-electron chi connectivity index (χ1n) is 33.7. The number of ether oxygens (including phenoxy) is 4. The number of hydrogen-bond donors (Lipinski definition) is 8. The average Bonchev–Trinajstić information content (AvgIpc) is 0.737. The van der Waals surface area contributed by atoms with Crippen molar-refractivity contribution in [3.05, 3.63) is 121 Å². The van der Waals surface area contributed by atoms with Crippen LogP contribution in [0.15, 0.2) is 40.9 Å². The van der Waals surface area contributed by atoms with Crippen LogP contribution in [0.1, 0.15) is 77.6 Å². The zero-order valence-corrected chi connectivity index (χ0v) is 59.3. The van der Waals surface area contributed by atoms with Gasteiger partial charge in [0.25, 0.3) is 0 Å². The molecule has 12 atom stereocenters. The number of imide groups is 8. The molecule has 4 aromatic rings. The van der Waals surface area contributed by atoms with E-state index in [-0.39, 0.29) is 102 Å². The van der Waals surface area contributed by atoms with E-state index in [9.17, 15) is 92.7 Å². The van der Waals surface area contributed by atoms with E-state index in [1.807, 2.05) is 6.92 Å². The summed E-state index contributed by atoms with van der Waals surface area (Å²) in [7, 11) is 0. The molecular weight excluding hydrogens is 1500 g/mol. The van der Waals surface area contributed by atoms with Gasteiger partial charge in [-0.3, -0.25) is 80.9 Å². The lowest BCUT2D eigenvalue weighted by molar-refractivity contribution is -0.154. The van der Waals surface area contributed by atoms with E-state index < -0.39 is 194 Å². The minimum absolute atomic E-state index is 0.0193. The number of rotatable bonds is 0.